The van der Waals surface area contributed by atoms with Gasteiger partial charge in [0.25, 0.3) is 11.8 Å². The SMILES string of the molecule is Nc1cc(C(F)(F)F)c2nc1-c1nnc(o1)C(O)(C(F)(F)F)CCCCCS2=O. The highest BCUT2D eigenvalue weighted by atomic mass is 32.2. The number of anilines is 1. The molecular weight excluding hydrogens is 430 g/mol. The van der Waals surface area contributed by atoms with E-state index < -0.39 is 68.9 Å². The Balaban J connectivity index is 2.22. The third kappa shape index (κ3) is 3.95. The summed E-state index contributed by atoms with van der Waals surface area (Å²) in [6, 6.07) is 0.467. The largest absolute Gasteiger partial charge is 0.426 e. The van der Waals surface area contributed by atoms with Gasteiger partial charge in [-0.25, -0.2) is 4.98 Å². The summed E-state index contributed by atoms with van der Waals surface area (Å²) in [5, 5.41) is 15.9. The molecule has 3 heterocycles. The van der Waals surface area contributed by atoms with Crippen LogP contribution < -0.4 is 5.73 Å². The summed E-state index contributed by atoms with van der Waals surface area (Å²) in [6.45, 7) is 0. The maximum absolute atomic E-state index is 13.5. The Hall–Kier alpha value is -2.22. The molecule has 160 valence electrons. The first-order valence-electron chi connectivity index (χ1n) is 8.24. The van der Waals surface area contributed by atoms with Crippen LogP contribution in [0.5, 0.6) is 0 Å². The zero-order valence-corrected chi connectivity index (χ0v) is 15.3. The molecule has 2 unspecified atom stereocenters. The lowest BCUT2D eigenvalue weighted by molar-refractivity contribution is -0.277. The number of pyridine rings is 1. The number of alkyl halides is 6. The molecule has 0 saturated heterocycles. The molecule has 0 amide bonds. The van der Waals surface area contributed by atoms with Crippen molar-refractivity contribution in [2.45, 2.75) is 48.7 Å². The Labute approximate surface area is 161 Å². The van der Waals surface area contributed by atoms with E-state index in [1.165, 1.54) is 0 Å². The molecule has 7 nitrogen and oxygen atoms in total. The zero-order valence-electron chi connectivity index (χ0n) is 14.5. The second-order valence-corrected chi connectivity index (χ2v) is 7.89. The van der Waals surface area contributed by atoms with Gasteiger partial charge in [0.1, 0.15) is 5.03 Å². The molecule has 0 saturated carbocycles. The Bertz CT molecular complexity index is 945. The number of aromatic nitrogens is 3. The number of fused-ring (bicyclic) bond motifs is 5. The molecule has 14 heteroatoms. The van der Waals surface area contributed by atoms with E-state index in [2.05, 4.69) is 15.2 Å². The predicted octanol–water partition coefficient (Wildman–Crippen LogP) is 3.16. The molecule has 0 spiro atoms. The molecule has 3 N–H and O–H groups in total. The van der Waals surface area contributed by atoms with Gasteiger partial charge in [-0.3, -0.25) is 4.21 Å². The number of nitrogens with two attached hydrogens (primary N) is 1. The number of rotatable bonds is 0. The smallest absolute Gasteiger partial charge is 0.416 e. The third-order valence-corrected chi connectivity index (χ3v) is 5.76. The molecule has 1 aliphatic rings. The first-order valence-corrected chi connectivity index (χ1v) is 9.56. The van der Waals surface area contributed by atoms with Crippen LogP contribution in [0, 0.1) is 0 Å². The number of aliphatic hydroxyl groups is 1. The zero-order chi connectivity index (χ0) is 21.6. The number of nitrogen functional groups attached to an aromatic ring is 1. The van der Waals surface area contributed by atoms with Crippen LogP contribution in [0.25, 0.3) is 11.6 Å². The highest BCUT2D eigenvalue weighted by Gasteiger charge is 2.58. The van der Waals surface area contributed by atoms with E-state index in [0.717, 1.165) is 0 Å². The topological polar surface area (TPSA) is 115 Å². The predicted molar refractivity (Wildman–Crippen MR) is 86.6 cm³/mol. The summed E-state index contributed by atoms with van der Waals surface area (Å²) in [5.41, 5.74) is -0.367. The lowest BCUT2D eigenvalue weighted by Gasteiger charge is -2.26. The van der Waals surface area contributed by atoms with Crippen LogP contribution in [-0.4, -0.2) is 36.4 Å². The van der Waals surface area contributed by atoms with Crippen molar-refractivity contribution in [3.8, 4) is 11.6 Å². The monoisotopic (exact) mass is 444 g/mol. The summed E-state index contributed by atoms with van der Waals surface area (Å²) in [4.78, 5) is 3.64. The summed E-state index contributed by atoms with van der Waals surface area (Å²) in [7, 11) is -2.21. The highest BCUT2D eigenvalue weighted by Crippen LogP contribution is 2.44. The number of nitrogens with zero attached hydrogens (tertiary/aromatic N) is 3. The van der Waals surface area contributed by atoms with Crippen molar-refractivity contribution < 1.29 is 40.1 Å². The van der Waals surface area contributed by atoms with Crippen molar-refractivity contribution in [1.82, 2.24) is 15.2 Å². The van der Waals surface area contributed by atoms with E-state index in [1.54, 1.807) is 0 Å². The molecule has 2 aromatic rings. The summed E-state index contributed by atoms with van der Waals surface area (Å²) >= 11 is 0. The van der Waals surface area contributed by atoms with Crippen molar-refractivity contribution >= 4 is 16.5 Å². The van der Waals surface area contributed by atoms with E-state index in [1.807, 2.05) is 0 Å². The van der Waals surface area contributed by atoms with Gasteiger partial charge in [0, 0.05) is 5.75 Å². The van der Waals surface area contributed by atoms with Gasteiger partial charge in [0.2, 0.25) is 5.60 Å². The Kier molecular flexibility index (Phi) is 5.36. The lowest BCUT2D eigenvalue weighted by atomic mass is 9.95. The molecule has 4 bridgehead atoms. The Morgan fingerprint density at radius 3 is 2.45 bits per heavy atom. The summed E-state index contributed by atoms with van der Waals surface area (Å²) in [6.07, 6.45) is -10.9. The van der Waals surface area contributed by atoms with Gasteiger partial charge in [-0.1, -0.05) is 6.42 Å². The Morgan fingerprint density at radius 1 is 1.14 bits per heavy atom. The maximum atomic E-state index is 13.5. The van der Waals surface area contributed by atoms with Crippen molar-refractivity contribution in [1.29, 1.82) is 0 Å². The second-order valence-electron chi connectivity index (χ2n) is 6.41. The minimum atomic E-state index is -5.15. The van der Waals surface area contributed by atoms with Gasteiger partial charge >= 0.3 is 12.4 Å². The van der Waals surface area contributed by atoms with Gasteiger partial charge in [-0.15, -0.1) is 10.2 Å². The minimum Gasteiger partial charge on any atom is -0.416 e. The van der Waals surface area contributed by atoms with Crippen LogP contribution in [0.1, 0.15) is 37.1 Å². The average Bonchev–Trinajstić information content (AvgIpc) is 3.08. The first-order chi connectivity index (χ1) is 13.3. The molecule has 2 atom stereocenters. The molecule has 0 radical (unpaired) electrons. The fraction of sp³-hybridized carbons (Fsp3) is 0.533. The lowest BCUT2D eigenvalue weighted by Crippen LogP contribution is -2.42. The van der Waals surface area contributed by atoms with Crippen LogP contribution in [0.4, 0.5) is 32.0 Å². The molecule has 29 heavy (non-hydrogen) atoms. The van der Waals surface area contributed by atoms with E-state index in [9.17, 15) is 35.7 Å². The molecule has 0 aliphatic carbocycles. The molecule has 2 aromatic heterocycles. The molecule has 0 aromatic carbocycles. The average molecular weight is 444 g/mol. The van der Waals surface area contributed by atoms with Gasteiger partial charge in [-0.2, -0.15) is 26.3 Å². The molecule has 0 fully saturated rings. The van der Waals surface area contributed by atoms with E-state index in [4.69, 9.17) is 10.2 Å². The van der Waals surface area contributed by atoms with Crippen molar-refractivity contribution in [2.75, 3.05) is 11.5 Å². The third-order valence-electron chi connectivity index (χ3n) is 4.36. The normalized spacial score (nSPS) is 23.8. The van der Waals surface area contributed by atoms with Crippen LogP contribution in [0.3, 0.4) is 0 Å². The fourth-order valence-electron chi connectivity index (χ4n) is 2.80. The van der Waals surface area contributed by atoms with Crippen molar-refractivity contribution in [2.24, 2.45) is 0 Å². The molecule has 3 rings (SSSR count). The van der Waals surface area contributed by atoms with Crippen molar-refractivity contribution in [3.63, 3.8) is 0 Å². The number of hydrogen-bond donors (Lipinski definition) is 2. The van der Waals surface area contributed by atoms with Crippen LogP contribution >= 0.6 is 0 Å². The minimum absolute atomic E-state index is 0.0491. The van der Waals surface area contributed by atoms with Gasteiger partial charge in [0.15, 0.2) is 5.69 Å². The Morgan fingerprint density at radius 2 is 1.83 bits per heavy atom. The van der Waals surface area contributed by atoms with Gasteiger partial charge in [-0.05, 0) is 25.3 Å². The van der Waals surface area contributed by atoms with Gasteiger partial charge in [0.05, 0.1) is 22.1 Å². The number of hydrogen-bond acceptors (Lipinski definition) is 7. The quantitative estimate of drug-likeness (QED) is 0.600. The van der Waals surface area contributed by atoms with E-state index in [-0.39, 0.29) is 25.0 Å². The molecular formula is C15H14F6N4O3S. The van der Waals surface area contributed by atoms with Crippen LogP contribution in [0.15, 0.2) is 15.5 Å². The number of halogens is 6. The van der Waals surface area contributed by atoms with Crippen molar-refractivity contribution in [3.05, 3.63) is 17.5 Å². The fourth-order valence-corrected chi connectivity index (χ4v) is 4.08. The first kappa shape index (κ1) is 21.5. The summed E-state index contributed by atoms with van der Waals surface area (Å²) < 4.78 is 97.6. The second kappa shape index (κ2) is 7.23. The highest BCUT2D eigenvalue weighted by molar-refractivity contribution is 7.85. The molecule has 1 aliphatic heterocycles. The van der Waals surface area contributed by atoms with Gasteiger partial charge < -0.3 is 15.3 Å². The van der Waals surface area contributed by atoms with E-state index >= 15 is 0 Å². The maximum Gasteiger partial charge on any atom is 0.426 e. The standard InChI is InChI=1S/C15H14F6N4O3S/c16-14(17,18)7-6-8(22)9-10-24-25-12(28-10)13(26,15(19,20)21)4-2-1-3-5-29(27)11(7)23-9/h6,26H,1-5,22H2. The van der Waals surface area contributed by atoms with Crippen LogP contribution in [0.2, 0.25) is 0 Å². The van der Waals surface area contributed by atoms with E-state index in [0.29, 0.717) is 6.07 Å². The summed E-state index contributed by atoms with van der Waals surface area (Å²) in [5.74, 6) is -2.17. The van der Waals surface area contributed by atoms with Crippen LogP contribution in [-0.2, 0) is 22.6 Å².